The molecule has 1 atom stereocenters. The van der Waals surface area contributed by atoms with Crippen molar-refractivity contribution in [2.45, 2.75) is 31.8 Å². The molecule has 1 unspecified atom stereocenters. The van der Waals surface area contributed by atoms with E-state index >= 15 is 0 Å². The van der Waals surface area contributed by atoms with Crippen molar-refractivity contribution in [2.24, 2.45) is 0 Å². The largest absolute Gasteiger partial charge is 0.338 e. The average molecular weight is 438 g/mol. The second-order valence-electron chi connectivity index (χ2n) is 7.06. The van der Waals surface area contributed by atoms with Gasteiger partial charge in [-0.1, -0.05) is 41.4 Å². The van der Waals surface area contributed by atoms with E-state index in [9.17, 15) is 14.0 Å². The first-order chi connectivity index (χ1) is 13.8. The molecule has 0 saturated carbocycles. The topological polar surface area (TPSA) is 61.4 Å². The quantitative estimate of drug-likeness (QED) is 0.674. The molecule has 1 saturated heterocycles. The molecular weight excluding hydrogens is 416 g/mol. The average Bonchev–Trinajstić information content (AvgIpc) is 2.71. The molecule has 29 heavy (non-hydrogen) atoms. The van der Waals surface area contributed by atoms with Crippen LogP contribution in [-0.4, -0.2) is 36.0 Å². The number of benzene rings is 2. The Labute approximate surface area is 179 Å². The molecule has 5 nitrogen and oxygen atoms in total. The number of halogens is 3. The van der Waals surface area contributed by atoms with Crippen LogP contribution >= 0.6 is 23.2 Å². The highest BCUT2D eigenvalue weighted by molar-refractivity contribution is 6.35. The molecular formula is C21H22Cl2FN3O2. The van der Waals surface area contributed by atoms with Crippen LogP contribution in [0.15, 0.2) is 42.5 Å². The van der Waals surface area contributed by atoms with Crippen molar-refractivity contribution in [1.29, 1.82) is 0 Å². The van der Waals surface area contributed by atoms with Crippen molar-refractivity contribution in [1.82, 2.24) is 15.5 Å². The fourth-order valence-electron chi connectivity index (χ4n) is 3.36. The van der Waals surface area contributed by atoms with E-state index in [1.807, 2.05) is 18.2 Å². The Bertz CT molecular complexity index is 887. The van der Waals surface area contributed by atoms with Crippen LogP contribution in [0.2, 0.25) is 10.0 Å². The van der Waals surface area contributed by atoms with Gasteiger partial charge >= 0.3 is 6.03 Å². The summed E-state index contributed by atoms with van der Waals surface area (Å²) in [5.41, 5.74) is 1.12. The zero-order valence-electron chi connectivity index (χ0n) is 15.9. The van der Waals surface area contributed by atoms with Gasteiger partial charge in [0.2, 0.25) is 0 Å². The second kappa shape index (κ2) is 9.46. The maximum atomic E-state index is 13.7. The Hall–Kier alpha value is -2.31. The van der Waals surface area contributed by atoms with Crippen LogP contribution in [0.1, 0.15) is 41.7 Å². The van der Waals surface area contributed by atoms with E-state index in [-0.39, 0.29) is 28.0 Å². The first-order valence-corrected chi connectivity index (χ1v) is 10.2. The maximum absolute atomic E-state index is 13.7. The molecule has 2 aromatic rings. The van der Waals surface area contributed by atoms with Crippen LogP contribution in [0, 0.1) is 5.82 Å². The number of carbonyl (C=O) groups is 2. The summed E-state index contributed by atoms with van der Waals surface area (Å²) in [6.45, 7) is 2.86. The van der Waals surface area contributed by atoms with Gasteiger partial charge in [-0.2, -0.15) is 0 Å². The Morgan fingerprint density at radius 2 is 1.76 bits per heavy atom. The molecule has 0 radical (unpaired) electrons. The summed E-state index contributed by atoms with van der Waals surface area (Å²) in [4.78, 5) is 26.6. The standard InChI is InChI=1S/C21H22Cl2FN3O2/c1-13(16-11-19(24)18(23)12-17(16)22)25-21(29)26-15-7-9-27(10-8-15)20(28)14-5-3-2-4-6-14/h2-6,11-13,15H,7-10H2,1H3,(H2,25,26,29). The van der Waals surface area contributed by atoms with E-state index in [0.717, 1.165) is 0 Å². The van der Waals surface area contributed by atoms with E-state index in [1.165, 1.54) is 12.1 Å². The minimum Gasteiger partial charge on any atom is -0.338 e. The monoisotopic (exact) mass is 437 g/mol. The first-order valence-electron chi connectivity index (χ1n) is 9.41. The van der Waals surface area contributed by atoms with Crippen LogP contribution < -0.4 is 10.6 Å². The van der Waals surface area contributed by atoms with Crippen LogP contribution in [-0.2, 0) is 0 Å². The number of piperidine rings is 1. The third-order valence-electron chi connectivity index (χ3n) is 4.99. The molecule has 1 fully saturated rings. The number of hydrogen-bond donors (Lipinski definition) is 2. The minimum absolute atomic E-state index is 0.00142. The Morgan fingerprint density at radius 1 is 1.10 bits per heavy atom. The van der Waals surface area contributed by atoms with Gasteiger partial charge in [-0.15, -0.1) is 0 Å². The fourth-order valence-corrected chi connectivity index (χ4v) is 3.91. The van der Waals surface area contributed by atoms with Gasteiger partial charge in [0.1, 0.15) is 5.82 Å². The van der Waals surface area contributed by atoms with Gasteiger partial charge in [0.15, 0.2) is 0 Å². The number of amides is 3. The van der Waals surface area contributed by atoms with Gasteiger partial charge < -0.3 is 15.5 Å². The molecule has 154 valence electrons. The zero-order valence-corrected chi connectivity index (χ0v) is 17.4. The lowest BCUT2D eigenvalue weighted by molar-refractivity contribution is 0.0708. The summed E-state index contributed by atoms with van der Waals surface area (Å²) in [5, 5.41) is 5.91. The number of hydrogen-bond acceptors (Lipinski definition) is 2. The Morgan fingerprint density at radius 3 is 2.41 bits per heavy atom. The minimum atomic E-state index is -0.587. The van der Waals surface area contributed by atoms with Crippen molar-refractivity contribution in [2.75, 3.05) is 13.1 Å². The van der Waals surface area contributed by atoms with E-state index in [2.05, 4.69) is 10.6 Å². The Kier molecular flexibility index (Phi) is 6.98. The molecule has 1 heterocycles. The molecule has 0 aromatic heterocycles. The molecule has 1 aliphatic heterocycles. The van der Waals surface area contributed by atoms with Gasteiger partial charge in [0.25, 0.3) is 5.91 Å². The van der Waals surface area contributed by atoms with E-state index < -0.39 is 11.9 Å². The van der Waals surface area contributed by atoms with Crippen molar-refractivity contribution >= 4 is 35.1 Å². The molecule has 1 aliphatic rings. The highest BCUT2D eigenvalue weighted by Crippen LogP contribution is 2.28. The molecule has 0 bridgehead atoms. The highest BCUT2D eigenvalue weighted by atomic mass is 35.5. The molecule has 8 heteroatoms. The Balaban J connectivity index is 1.50. The number of nitrogens with one attached hydrogen (secondary N) is 2. The molecule has 3 rings (SSSR count). The lowest BCUT2D eigenvalue weighted by Crippen LogP contribution is -2.49. The van der Waals surface area contributed by atoms with Gasteiger partial charge in [-0.05, 0) is 49.6 Å². The SMILES string of the molecule is CC(NC(=O)NC1CCN(C(=O)c2ccccc2)CC1)c1cc(F)c(Cl)cc1Cl. The van der Waals surface area contributed by atoms with Gasteiger partial charge in [-0.25, -0.2) is 9.18 Å². The molecule has 2 N–H and O–H groups in total. The predicted octanol–water partition coefficient (Wildman–Crippen LogP) is 4.80. The van der Waals surface area contributed by atoms with E-state index in [4.69, 9.17) is 23.2 Å². The van der Waals surface area contributed by atoms with Crippen LogP contribution in [0.25, 0.3) is 0 Å². The van der Waals surface area contributed by atoms with Crippen molar-refractivity contribution in [3.05, 3.63) is 69.5 Å². The molecule has 0 aliphatic carbocycles. The number of carbonyl (C=O) groups excluding carboxylic acids is 2. The lowest BCUT2D eigenvalue weighted by atomic mass is 10.0. The summed E-state index contributed by atoms with van der Waals surface area (Å²) < 4.78 is 13.7. The van der Waals surface area contributed by atoms with Crippen molar-refractivity contribution < 1.29 is 14.0 Å². The summed E-state index contributed by atoms with van der Waals surface area (Å²) in [7, 11) is 0. The zero-order chi connectivity index (χ0) is 21.0. The summed E-state index contributed by atoms with van der Waals surface area (Å²) in [6, 6.07) is 10.8. The number of rotatable bonds is 4. The van der Waals surface area contributed by atoms with E-state index in [1.54, 1.807) is 24.0 Å². The second-order valence-corrected chi connectivity index (χ2v) is 7.87. The van der Waals surface area contributed by atoms with Gasteiger partial charge in [-0.3, -0.25) is 4.79 Å². The summed E-state index contributed by atoms with van der Waals surface area (Å²) >= 11 is 11.8. The maximum Gasteiger partial charge on any atom is 0.315 e. The molecule has 0 spiro atoms. The summed E-state index contributed by atoms with van der Waals surface area (Å²) in [5.74, 6) is -0.586. The number of likely N-dealkylation sites (tertiary alicyclic amines) is 1. The van der Waals surface area contributed by atoms with Crippen LogP contribution in [0.3, 0.4) is 0 Å². The first kappa shape index (κ1) is 21.4. The molecule has 3 amide bonds. The van der Waals surface area contributed by atoms with Gasteiger partial charge in [0.05, 0.1) is 11.1 Å². The van der Waals surface area contributed by atoms with Gasteiger partial charge in [0, 0.05) is 29.7 Å². The third kappa shape index (κ3) is 5.40. The van der Waals surface area contributed by atoms with Crippen LogP contribution in [0.5, 0.6) is 0 Å². The highest BCUT2D eigenvalue weighted by Gasteiger charge is 2.25. The van der Waals surface area contributed by atoms with Crippen molar-refractivity contribution in [3.8, 4) is 0 Å². The predicted molar refractivity (Wildman–Crippen MR) is 112 cm³/mol. The van der Waals surface area contributed by atoms with E-state index in [0.29, 0.717) is 37.1 Å². The van der Waals surface area contributed by atoms with Crippen molar-refractivity contribution in [3.63, 3.8) is 0 Å². The lowest BCUT2D eigenvalue weighted by Gasteiger charge is -2.32. The van der Waals surface area contributed by atoms with Crippen LogP contribution in [0.4, 0.5) is 9.18 Å². The number of urea groups is 1. The number of nitrogens with zero attached hydrogens (tertiary/aromatic N) is 1. The molecule has 2 aromatic carbocycles. The third-order valence-corrected chi connectivity index (χ3v) is 5.61. The fraction of sp³-hybridized carbons (Fsp3) is 0.333. The smallest absolute Gasteiger partial charge is 0.315 e. The normalized spacial score (nSPS) is 15.7. The summed E-state index contributed by atoms with van der Waals surface area (Å²) in [6.07, 6.45) is 1.33.